The van der Waals surface area contributed by atoms with Gasteiger partial charge in [-0.15, -0.1) is 0 Å². The van der Waals surface area contributed by atoms with E-state index in [1.807, 2.05) is 0 Å². The van der Waals surface area contributed by atoms with E-state index in [9.17, 15) is 14.4 Å². The van der Waals surface area contributed by atoms with Gasteiger partial charge in [-0.05, 0) is 57.8 Å². The van der Waals surface area contributed by atoms with Crippen molar-refractivity contribution in [1.29, 1.82) is 0 Å². The third kappa shape index (κ3) is 54.6. The normalized spacial score (nSPS) is 12.2. The highest BCUT2D eigenvalue weighted by Crippen LogP contribution is 2.17. The predicted molar refractivity (Wildman–Crippen MR) is 293 cm³/mol. The summed E-state index contributed by atoms with van der Waals surface area (Å²) in [4.78, 5) is 38.2. The molecule has 0 aromatic heterocycles. The molecular weight excluding hydrogens is 841 g/mol. The van der Waals surface area contributed by atoms with Gasteiger partial charge in [0.05, 0.1) is 0 Å². The third-order valence-corrected chi connectivity index (χ3v) is 13.4. The number of unbranched alkanes of at least 4 members (excludes halogenated alkanes) is 38. The van der Waals surface area contributed by atoms with Crippen molar-refractivity contribution in [3.63, 3.8) is 0 Å². The molecule has 0 fully saturated rings. The molecule has 0 aliphatic carbocycles. The first kappa shape index (κ1) is 65.6. The van der Waals surface area contributed by atoms with Crippen molar-refractivity contribution < 1.29 is 28.6 Å². The van der Waals surface area contributed by atoms with Crippen LogP contribution in [0.3, 0.4) is 0 Å². The Morgan fingerprint density at radius 1 is 0.294 bits per heavy atom. The lowest BCUT2D eigenvalue weighted by Crippen LogP contribution is -2.30. The van der Waals surface area contributed by atoms with Gasteiger partial charge >= 0.3 is 17.9 Å². The quantitative estimate of drug-likeness (QED) is 0.0262. The molecule has 0 radical (unpaired) electrons. The molecule has 0 rings (SSSR count). The molecule has 0 amide bonds. The molecule has 0 bridgehead atoms. The zero-order chi connectivity index (χ0) is 49.3. The van der Waals surface area contributed by atoms with Crippen LogP contribution in [0.2, 0.25) is 0 Å². The molecule has 0 unspecified atom stereocenters. The van der Waals surface area contributed by atoms with Crippen molar-refractivity contribution in [3.8, 4) is 0 Å². The molecule has 0 spiro atoms. The number of ether oxygens (including phenoxy) is 3. The lowest BCUT2D eigenvalue weighted by Gasteiger charge is -2.18. The fraction of sp³-hybridized carbons (Fsp3) is 0.855. The zero-order valence-corrected chi connectivity index (χ0v) is 45.6. The molecule has 0 heterocycles. The fourth-order valence-corrected chi connectivity index (χ4v) is 8.86. The summed E-state index contributed by atoms with van der Waals surface area (Å²) < 4.78 is 16.9. The van der Waals surface area contributed by atoms with Crippen LogP contribution in [-0.2, 0) is 28.6 Å². The van der Waals surface area contributed by atoms with Crippen molar-refractivity contribution >= 4 is 17.9 Å². The maximum Gasteiger partial charge on any atom is 0.306 e. The van der Waals surface area contributed by atoms with Crippen molar-refractivity contribution in [2.75, 3.05) is 13.2 Å². The first-order valence-electron chi connectivity index (χ1n) is 30.0. The second-order valence-electron chi connectivity index (χ2n) is 20.3. The third-order valence-electron chi connectivity index (χ3n) is 13.4. The average molecular weight is 956 g/mol. The number of hydrogen-bond acceptors (Lipinski definition) is 6. The van der Waals surface area contributed by atoms with Gasteiger partial charge in [-0.2, -0.15) is 0 Å². The number of carbonyl (C=O) groups excluding carboxylic acids is 3. The van der Waals surface area contributed by atoms with Crippen molar-refractivity contribution in [1.82, 2.24) is 0 Å². The van der Waals surface area contributed by atoms with E-state index in [2.05, 4.69) is 57.2 Å². The highest BCUT2D eigenvalue weighted by Gasteiger charge is 2.19. The van der Waals surface area contributed by atoms with E-state index >= 15 is 0 Å². The Balaban J connectivity index is 4.36. The number of allylic oxidation sites excluding steroid dienone is 6. The Morgan fingerprint density at radius 2 is 0.529 bits per heavy atom. The topological polar surface area (TPSA) is 78.9 Å². The predicted octanol–water partition coefficient (Wildman–Crippen LogP) is 20.0. The molecule has 398 valence electrons. The summed E-state index contributed by atoms with van der Waals surface area (Å²) in [5, 5.41) is 0. The summed E-state index contributed by atoms with van der Waals surface area (Å²) in [5.41, 5.74) is 0. The molecular formula is C62H114O6. The van der Waals surface area contributed by atoms with E-state index in [0.29, 0.717) is 19.3 Å². The lowest BCUT2D eigenvalue weighted by molar-refractivity contribution is -0.167. The van der Waals surface area contributed by atoms with Gasteiger partial charge in [0.15, 0.2) is 6.10 Å². The minimum atomic E-state index is -0.783. The smallest absolute Gasteiger partial charge is 0.306 e. The summed E-state index contributed by atoms with van der Waals surface area (Å²) in [6.07, 6.45) is 68.5. The number of rotatable bonds is 55. The van der Waals surface area contributed by atoms with Gasteiger partial charge in [0, 0.05) is 19.3 Å². The van der Waals surface area contributed by atoms with Gasteiger partial charge in [0.2, 0.25) is 0 Å². The molecule has 0 saturated heterocycles. The van der Waals surface area contributed by atoms with Gasteiger partial charge < -0.3 is 14.2 Å². The van der Waals surface area contributed by atoms with Gasteiger partial charge in [-0.3, -0.25) is 14.4 Å². The van der Waals surface area contributed by atoms with E-state index in [1.54, 1.807) is 0 Å². The monoisotopic (exact) mass is 955 g/mol. The molecule has 0 aliphatic heterocycles. The second kappa shape index (κ2) is 57.2. The molecule has 0 N–H and O–H groups in total. The van der Waals surface area contributed by atoms with Crippen molar-refractivity contribution in [3.05, 3.63) is 36.5 Å². The molecule has 0 aliphatic rings. The molecule has 0 aromatic carbocycles. The summed E-state index contributed by atoms with van der Waals surface area (Å²) in [6.45, 7) is 6.63. The van der Waals surface area contributed by atoms with Crippen LogP contribution in [0.15, 0.2) is 36.5 Å². The zero-order valence-electron chi connectivity index (χ0n) is 45.6. The Morgan fingerprint density at radius 3 is 0.853 bits per heavy atom. The number of hydrogen-bond donors (Lipinski definition) is 0. The highest BCUT2D eigenvalue weighted by atomic mass is 16.6. The Kier molecular flexibility index (Phi) is 55.2. The van der Waals surface area contributed by atoms with Gasteiger partial charge in [0.1, 0.15) is 13.2 Å². The van der Waals surface area contributed by atoms with Crippen LogP contribution in [0, 0.1) is 0 Å². The largest absolute Gasteiger partial charge is 0.462 e. The minimum Gasteiger partial charge on any atom is -0.462 e. The Bertz CT molecular complexity index is 1140. The Labute approximate surface area is 423 Å². The maximum atomic E-state index is 12.9. The molecule has 0 aromatic rings. The highest BCUT2D eigenvalue weighted by molar-refractivity contribution is 5.71. The summed E-state index contributed by atoms with van der Waals surface area (Å²) in [6, 6.07) is 0. The SMILES string of the molecule is CCCCC/C=C\C/C=C\C/C=C\CCCCC(=O)OC[C@H](COC(=O)CCCCCCCCCCCCCCCCCCCC)OC(=O)CCCCCCCCCCCCCCCCCCC. The van der Waals surface area contributed by atoms with E-state index in [4.69, 9.17) is 14.2 Å². The minimum absolute atomic E-state index is 0.0789. The average Bonchev–Trinajstić information content (AvgIpc) is 3.34. The molecule has 6 nitrogen and oxygen atoms in total. The van der Waals surface area contributed by atoms with Crippen LogP contribution in [0.4, 0.5) is 0 Å². The van der Waals surface area contributed by atoms with Gasteiger partial charge in [-0.25, -0.2) is 0 Å². The van der Waals surface area contributed by atoms with Crippen LogP contribution in [0.5, 0.6) is 0 Å². The van der Waals surface area contributed by atoms with Crippen LogP contribution in [0.1, 0.15) is 323 Å². The van der Waals surface area contributed by atoms with Crippen molar-refractivity contribution in [2.45, 2.75) is 329 Å². The Hall–Kier alpha value is -2.37. The summed E-state index contributed by atoms with van der Waals surface area (Å²) in [5.74, 6) is -0.897. The van der Waals surface area contributed by atoms with Crippen LogP contribution < -0.4 is 0 Å². The van der Waals surface area contributed by atoms with Crippen LogP contribution in [0.25, 0.3) is 0 Å². The van der Waals surface area contributed by atoms with E-state index in [0.717, 1.165) is 70.6 Å². The molecule has 6 heteroatoms. The standard InChI is InChI=1S/C62H114O6/c1-4-7-10-13-16-19-22-25-28-30-32-34-37-40-43-46-49-52-55-61(64)67-58-59(57-66-60(63)54-51-48-45-42-39-36-33-27-24-21-18-15-12-9-6-3)68-62(65)56-53-50-47-44-41-38-35-31-29-26-23-20-17-14-11-8-5-2/h18,21,27,33,39,42,59H,4-17,19-20,22-26,28-32,34-38,40-41,43-58H2,1-3H3/b21-18-,33-27-,42-39-/t59-/m1/s1. The first-order chi connectivity index (χ1) is 33.5. The van der Waals surface area contributed by atoms with Gasteiger partial charge in [-0.1, -0.05) is 282 Å². The maximum absolute atomic E-state index is 12.9. The molecule has 68 heavy (non-hydrogen) atoms. The summed E-state index contributed by atoms with van der Waals surface area (Å²) >= 11 is 0. The summed E-state index contributed by atoms with van der Waals surface area (Å²) in [7, 11) is 0. The van der Waals surface area contributed by atoms with Crippen LogP contribution in [-0.4, -0.2) is 37.2 Å². The van der Waals surface area contributed by atoms with Crippen molar-refractivity contribution in [2.24, 2.45) is 0 Å². The molecule has 0 saturated carbocycles. The lowest BCUT2D eigenvalue weighted by atomic mass is 10.0. The second-order valence-corrected chi connectivity index (χ2v) is 20.3. The molecule has 1 atom stereocenters. The number of carbonyl (C=O) groups is 3. The van der Waals surface area contributed by atoms with E-state index in [1.165, 1.54) is 212 Å². The van der Waals surface area contributed by atoms with E-state index in [-0.39, 0.29) is 31.1 Å². The van der Waals surface area contributed by atoms with E-state index < -0.39 is 6.10 Å². The van der Waals surface area contributed by atoms with Crippen LogP contribution >= 0.6 is 0 Å². The fourth-order valence-electron chi connectivity index (χ4n) is 8.86. The first-order valence-corrected chi connectivity index (χ1v) is 30.0. The number of esters is 3. The van der Waals surface area contributed by atoms with Gasteiger partial charge in [0.25, 0.3) is 0 Å².